The van der Waals surface area contributed by atoms with Gasteiger partial charge in [-0.3, -0.25) is 4.79 Å². The Morgan fingerprint density at radius 2 is 2.12 bits per heavy atom. The van der Waals surface area contributed by atoms with Crippen molar-refractivity contribution in [1.82, 2.24) is 14.8 Å². The Labute approximate surface area is 153 Å². The lowest BCUT2D eigenvalue weighted by Gasteiger charge is -2.32. The van der Waals surface area contributed by atoms with Crippen LogP contribution in [0.3, 0.4) is 0 Å². The first kappa shape index (κ1) is 16.8. The quantitative estimate of drug-likeness (QED) is 0.780. The van der Waals surface area contributed by atoms with E-state index < -0.39 is 10.2 Å². The molecule has 4 heterocycles. The van der Waals surface area contributed by atoms with Gasteiger partial charge >= 0.3 is 0 Å². The second-order valence-corrected chi connectivity index (χ2v) is 10.5. The molecule has 1 saturated heterocycles. The van der Waals surface area contributed by atoms with Gasteiger partial charge in [-0.2, -0.15) is 0 Å². The van der Waals surface area contributed by atoms with E-state index in [1.165, 1.54) is 28.4 Å². The van der Waals surface area contributed by atoms with Gasteiger partial charge in [-0.1, -0.05) is 6.42 Å². The van der Waals surface area contributed by atoms with Crippen LogP contribution < -0.4 is 14.9 Å². The van der Waals surface area contributed by atoms with Crippen molar-refractivity contribution in [3.63, 3.8) is 0 Å². The topological polar surface area (TPSA) is 66.5 Å². The number of hydrazine groups is 1. The van der Waals surface area contributed by atoms with Gasteiger partial charge in [0.2, 0.25) is 5.88 Å². The smallest absolute Gasteiger partial charge is 0.265 e. The summed E-state index contributed by atoms with van der Waals surface area (Å²) in [5, 5.41) is 5.25. The van der Waals surface area contributed by atoms with Crippen LogP contribution in [0.4, 0.5) is 5.69 Å². The van der Waals surface area contributed by atoms with Crippen molar-refractivity contribution >= 4 is 33.1 Å². The van der Waals surface area contributed by atoms with Crippen LogP contribution in [0.5, 0.6) is 5.88 Å². The molecule has 134 valence electrons. The van der Waals surface area contributed by atoms with Gasteiger partial charge in [0.1, 0.15) is 0 Å². The second-order valence-electron chi connectivity index (χ2n) is 6.36. The minimum atomic E-state index is -1.02. The van der Waals surface area contributed by atoms with Crippen molar-refractivity contribution in [1.29, 1.82) is 0 Å². The number of piperidine rings is 1. The van der Waals surface area contributed by atoms with Crippen LogP contribution in [-0.4, -0.2) is 42.4 Å². The number of hydrogen-bond acceptors (Lipinski definition) is 6. The number of anilines is 1. The first-order chi connectivity index (χ1) is 12.1. The van der Waals surface area contributed by atoms with E-state index in [9.17, 15) is 4.79 Å². The monoisotopic (exact) mass is 378 g/mol. The average Bonchev–Trinajstić information content (AvgIpc) is 3.00. The SMILES string of the molecule is COc1ccc(NC(=O)c2cc3c(s2)S3(C)NN2CCCCC2)cn1. The van der Waals surface area contributed by atoms with E-state index in [2.05, 4.69) is 26.4 Å². The fraction of sp³-hybridized carbons (Fsp3) is 0.412. The van der Waals surface area contributed by atoms with E-state index in [0.717, 1.165) is 18.0 Å². The van der Waals surface area contributed by atoms with Gasteiger partial charge in [0.15, 0.2) is 0 Å². The third-order valence-corrected chi connectivity index (χ3v) is 9.42. The molecule has 0 aliphatic carbocycles. The zero-order chi connectivity index (χ0) is 17.4. The van der Waals surface area contributed by atoms with E-state index in [-0.39, 0.29) is 5.91 Å². The van der Waals surface area contributed by atoms with E-state index in [1.807, 2.05) is 6.07 Å². The lowest BCUT2D eigenvalue weighted by atomic mass is 10.2. The van der Waals surface area contributed by atoms with E-state index in [1.54, 1.807) is 36.8 Å². The molecule has 1 unspecified atom stereocenters. The molecule has 2 aliphatic heterocycles. The van der Waals surface area contributed by atoms with Gasteiger partial charge in [-0.05, 0) is 31.2 Å². The third kappa shape index (κ3) is 3.27. The molecule has 0 spiro atoms. The number of nitrogens with one attached hydrogen (secondary N) is 2. The summed E-state index contributed by atoms with van der Waals surface area (Å²) in [5.41, 5.74) is 0.671. The molecule has 2 aliphatic rings. The Bertz CT molecular complexity index is 763. The Kier molecular flexibility index (Phi) is 4.45. The standard InChI is InChI=1S/C17H22N4O2S2/c1-23-15-7-6-12(11-18-15)19-16(22)13-10-14-17(24-13)25(14,2)20-21-8-4-3-5-9-21/h6-7,10-11,20H,3-5,8-9H2,1-2H3,(H,19,22). The zero-order valence-electron chi connectivity index (χ0n) is 14.4. The molecule has 8 heteroatoms. The number of nitrogens with zero attached hydrogens (tertiary/aromatic N) is 2. The van der Waals surface area contributed by atoms with Crippen molar-refractivity contribution in [3.8, 4) is 5.88 Å². The molecule has 2 aromatic rings. The summed E-state index contributed by atoms with van der Waals surface area (Å²) < 4.78 is 6.37. The summed E-state index contributed by atoms with van der Waals surface area (Å²) in [6.07, 6.45) is 7.74. The van der Waals surface area contributed by atoms with Crippen LogP contribution in [0.2, 0.25) is 0 Å². The van der Waals surface area contributed by atoms with Gasteiger partial charge < -0.3 is 10.1 Å². The normalized spacial score (nSPS) is 24.9. The highest BCUT2D eigenvalue weighted by Gasteiger charge is 2.46. The number of fused-ring (bicyclic) bond motifs is 1. The third-order valence-electron chi connectivity index (χ3n) is 4.53. The summed E-state index contributed by atoms with van der Waals surface area (Å²) >= 11 is 1.60. The second kappa shape index (κ2) is 6.60. The maximum absolute atomic E-state index is 12.4. The molecule has 0 saturated carbocycles. The van der Waals surface area contributed by atoms with Crippen molar-refractivity contribution in [2.24, 2.45) is 0 Å². The Hall–Kier alpha value is -1.61. The number of rotatable bonds is 5. The molecular weight excluding hydrogens is 356 g/mol. The number of carbonyl (C=O) groups excluding carboxylic acids is 1. The van der Waals surface area contributed by atoms with Gasteiger partial charge in [0, 0.05) is 24.1 Å². The number of carbonyl (C=O) groups is 1. The van der Waals surface area contributed by atoms with Crippen LogP contribution in [0, 0.1) is 0 Å². The lowest BCUT2D eigenvalue weighted by molar-refractivity contribution is 0.103. The Balaban J connectivity index is 1.38. The highest BCUT2D eigenvalue weighted by molar-refractivity contribution is 8.37. The van der Waals surface area contributed by atoms with Crippen molar-refractivity contribution in [2.75, 3.05) is 31.8 Å². The predicted octanol–water partition coefficient (Wildman–Crippen LogP) is 3.48. The predicted molar refractivity (Wildman–Crippen MR) is 102 cm³/mol. The van der Waals surface area contributed by atoms with Gasteiger partial charge in [0.25, 0.3) is 5.91 Å². The fourth-order valence-electron chi connectivity index (χ4n) is 3.06. The molecule has 1 amide bonds. The molecule has 0 radical (unpaired) electrons. The fourth-order valence-corrected chi connectivity index (χ4v) is 7.87. The first-order valence-electron chi connectivity index (χ1n) is 8.36. The van der Waals surface area contributed by atoms with E-state index in [0.29, 0.717) is 11.6 Å². The Morgan fingerprint density at radius 1 is 1.32 bits per heavy atom. The maximum Gasteiger partial charge on any atom is 0.265 e. The largest absolute Gasteiger partial charge is 0.481 e. The zero-order valence-corrected chi connectivity index (χ0v) is 16.0. The van der Waals surface area contributed by atoms with Crippen molar-refractivity contribution in [3.05, 3.63) is 29.3 Å². The summed E-state index contributed by atoms with van der Waals surface area (Å²) in [5.74, 6) is 0.451. The molecule has 2 N–H and O–H groups in total. The maximum atomic E-state index is 12.4. The number of ether oxygens (including phenoxy) is 1. The van der Waals surface area contributed by atoms with E-state index >= 15 is 0 Å². The first-order valence-corrected chi connectivity index (χ1v) is 11.2. The molecule has 6 nitrogen and oxygen atoms in total. The number of hydrogen-bond donors (Lipinski definition) is 2. The van der Waals surface area contributed by atoms with Crippen molar-refractivity contribution < 1.29 is 9.53 Å². The molecule has 4 rings (SSSR count). The van der Waals surface area contributed by atoms with Crippen LogP contribution in [0.1, 0.15) is 28.9 Å². The number of methoxy groups -OCH3 is 1. The van der Waals surface area contributed by atoms with E-state index in [4.69, 9.17) is 4.74 Å². The molecule has 1 atom stereocenters. The van der Waals surface area contributed by atoms with Crippen LogP contribution in [-0.2, 0) is 0 Å². The molecule has 0 aromatic carbocycles. The van der Waals surface area contributed by atoms with Crippen LogP contribution >= 0.6 is 21.6 Å². The molecular formula is C17H22N4O2S2. The summed E-state index contributed by atoms with van der Waals surface area (Å²) in [6.45, 7) is 2.24. The number of amides is 1. The number of pyridine rings is 1. The minimum absolute atomic E-state index is 0.0797. The van der Waals surface area contributed by atoms with Gasteiger partial charge in [-0.15, -0.1) is 21.6 Å². The van der Waals surface area contributed by atoms with Crippen LogP contribution in [0.15, 0.2) is 33.5 Å². The Morgan fingerprint density at radius 3 is 2.72 bits per heavy atom. The minimum Gasteiger partial charge on any atom is -0.481 e. The summed E-state index contributed by atoms with van der Waals surface area (Å²) in [4.78, 5) is 22.3. The highest BCUT2D eigenvalue weighted by atomic mass is 32.3. The molecule has 0 bridgehead atoms. The number of thiophene rings is 1. The molecule has 2 aromatic heterocycles. The van der Waals surface area contributed by atoms with Crippen LogP contribution in [0.25, 0.3) is 0 Å². The molecule has 25 heavy (non-hydrogen) atoms. The molecule has 1 fully saturated rings. The highest BCUT2D eigenvalue weighted by Crippen LogP contribution is 2.77. The average molecular weight is 379 g/mol. The summed E-state index contributed by atoms with van der Waals surface area (Å²) in [6, 6.07) is 5.56. The number of aromatic nitrogens is 1. The van der Waals surface area contributed by atoms with Gasteiger partial charge in [-0.25, -0.2) is 14.8 Å². The van der Waals surface area contributed by atoms with Crippen molar-refractivity contribution in [2.45, 2.75) is 28.4 Å². The lowest BCUT2D eigenvalue weighted by Crippen LogP contribution is -2.40. The summed E-state index contributed by atoms with van der Waals surface area (Å²) in [7, 11) is 0.550. The van der Waals surface area contributed by atoms with Gasteiger partial charge in [0.05, 0.1) is 28.1 Å².